The summed E-state index contributed by atoms with van der Waals surface area (Å²) < 4.78 is 7.87. The summed E-state index contributed by atoms with van der Waals surface area (Å²) in [5, 5.41) is 14.5. The van der Waals surface area contributed by atoms with Gasteiger partial charge in [0.15, 0.2) is 11.0 Å². The van der Waals surface area contributed by atoms with Crippen molar-refractivity contribution in [1.82, 2.24) is 20.1 Å². The summed E-state index contributed by atoms with van der Waals surface area (Å²) in [7, 11) is 1.80. The molecule has 0 saturated heterocycles. The van der Waals surface area contributed by atoms with Crippen LogP contribution in [0.4, 0.5) is 5.69 Å². The van der Waals surface area contributed by atoms with Crippen LogP contribution >= 0.6 is 27.7 Å². The van der Waals surface area contributed by atoms with Gasteiger partial charge in [-0.05, 0) is 59.3 Å². The minimum absolute atomic E-state index is 0.152. The average molecular weight is 504 g/mol. The highest BCUT2D eigenvalue weighted by molar-refractivity contribution is 9.10. The van der Waals surface area contributed by atoms with Crippen LogP contribution in [-0.2, 0) is 18.4 Å². The van der Waals surface area contributed by atoms with Crippen LogP contribution < -0.4 is 15.4 Å². The third kappa shape index (κ3) is 6.31. The van der Waals surface area contributed by atoms with E-state index in [2.05, 4.69) is 36.8 Å². The lowest BCUT2D eigenvalue weighted by Crippen LogP contribution is -2.24. The number of benzene rings is 2. The molecule has 3 rings (SSSR count). The summed E-state index contributed by atoms with van der Waals surface area (Å²) in [6, 6.07) is 14.4. The first kappa shape index (κ1) is 22.8. The third-order valence-corrected chi connectivity index (χ3v) is 5.94. The first-order chi connectivity index (χ1) is 15.0. The topological polar surface area (TPSA) is 98.1 Å². The van der Waals surface area contributed by atoms with Gasteiger partial charge < -0.3 is 19.9 Å². The molecular formula is C21H22BrN5O3S. The van der Waals surface area contributed by atoms with Gasteiger partial charge in [-0.1, -0.05) is 23.9 Å². The lowest BCUT2D eigenvalue weighted by atomic mass is 10.2. The number of aromatic nitrogens is 3. The van der Waals surface area contributed by atoms with Crippen LogP contribution in [0.15, 0.2) is 58.2 Å². The second kappa shape index (κ2) is 11.0. The fourth-order valence-corrected chi connectivity index (χ4v) is 3.85. The first-order valence-electron chi connectivity index (χ1n) is 9.54. The molecule has 1 heterocycles. The fourth-order valence-electron chi connectivity index (χ4n) is 2.65. The highest BCUT2D eigenvalue weighted by Crippen LogP contribution is 2.19. The zero-order chi connectivity index (χ0) is 22.2. The Morgan fingerprint density at radius 3 is 2.58 bits per heavy atom. The van der Waals surface area contributed by atoms with E-state index in [-0.39, 0.29) is 24.1 Å². The highest BCUT2D eigenvalue weighted by Gasteiger charge is 2.14. The molecule has 2 aromatic carbocycles. The van der Waals surface area contributed by atoms with Crippen molar-refractivity contribution in [3.05, 3.63) is 64.4 Å². The van der Waals surface area contributed by atoms with Crippen molar-refractivity contribution in [2.45, 2.75) is 18.6 Å². The Kier molecular flexibility index (Phi) is 8.07. The normalized spacial score (nSPS) is 10.5. The Morgan fingerprint density at radius 1 is 1.13 bits per heavy atom. The van der Waals surface area contributed by atoms with Gasteiger partial charge in [0, 0.05) is 17.2 Å². The van der Waals surface area contributed by atoms with Crippen LogP contribution in [0.5, 0.6) is 5.75 Å². The Bertz CT molecular complexity index is 1060. The van der Waals surface area contributed by atoms with Crippen LogP contribution in [0.1, 0.15) is 23.1 Å². The summed E-state index contributed by atoms with van der Waals surface area (Å²) in [6.45, 7) is 2.74. The van der Waals surface area contributed by atoms with Gasteiger partial charge in [0.2, 0.25) is 5.91 Å². The van der Waals surface area contributed by atoms with Crippen LogP contribution in [0, 0.1) is 0 Å². The molecule has 2 N–H and O–H groups in total. The summed E-state index contributed by atoms with van der Waals surface area (Å²) in [5.74, 6) is 1.17. The molecule has 10 heteroatoms. The number of thioether (sulfide) groups is 1. The van der Waals surface area contributed by atoms with Gasteiger partial charge in [-0.25, -0.2) is 0 Å². The predicted octanol–water partition coefficient (Wildman–Crippen LogP) is 3.64. The van der Waals surface area contributed by atoms with Gasteiger partial charge in [0.25, 0.3) is 5.91 Å². The molecule has 0 unspecified atom stereocenters. The molecular weight excluding hydrogens is 482 g/mol. The summed E-state index contributed by atoms with van der Waals surface area (Å²) >= 11 is 4.64. The maximum Gasteiger partial charge on any atom is 0.252 e. The van der Waals surface area contributed by atoms with Crippen LogP contribution in [0.3, 0.4) is 0 Å². The van der Waals surface area contributed by atoms with Crippen LogP contribution in [0.2, 0.25) is 0 Å². The second-order valence-electron chi connectivity index (χ2n) is 6.41. The first-order valence-corrected chi connectivity index (χ1v) is 11.3. The van der Waals surface area contributed by atoms with E-state index in [9.17, 15) is 9.59 Å². The number of halogens is 1. The molecule has 0 atom stereocenters. The van der Waals surface area contributed by atoms with Crippen LogP contribution in [-0.4, -0.2) is 38.9 Å². The van der Waals surface area contributed by atoms with Crippen LogP contribution in [0.25, 0.3) is 0 Å². The Labute approximate surface area is 192 Å². The third-order valence-electron chi connectivity index (χ3n) is 4.23. The number of amides is 2. The molecule has 162 valence electrons. The van der Waals surface area contributed by atoms with E-state index in [0.29, 0.717) is 28.8 Å². The molecule has 0 aliphatic carbocycles. The molecule has 2 amide bonds. The lowest BCUT2D eigenvalue weighted by Gasteiger charge is -2.08. The van der Waals surface area contributed by atoms with E-state index >= 15 is 0 Å². The van der Waals surface area contributed by atoms with Crippen molar-refractivity contribution >= 4 is 45.2 Å². The maximum atomic E-state index is 12.3. The smallest absolute Gasteiger partial charge is 0.252 e. The number of anilines is 1. The number of hydrogen-bond donors (Lipinski definition) is 2. The zero-order valence-electron chi connectivity index (χ0n) is 17.1. The quantitative estimate of drug-likeness (QED) is 0.432. The van der Waals surface area contributed by atoms with Crippen molar-refractivity contribution in [3.8, 4) is 5.75 Å². The zero-order valence-corrected chi connectivity index (χ0v) is 19.5. The number of carbonyl (C=O) groups excluding carboxylic acids is 2. The molecule has 0 spiro atoms. The molecule has 8 nitrogen and oxygen atoms in total. The molecule has 1 aromatic heterocycles. The molecule has 0 bridgehead atoms. The van der Waals surface area contributed by atoms with Crippen molar-refractivity contribution in [3.63, 3.8) is 0 Å². The van der Waals surface area contributed by atoms with Gasteiger partial charge in [-0.2, -0.15) is 0 Å². The fraction of sp³-hybridized carbons (Fsp3) is 0.238. The molecule has 0 saturated carbocycles. The molecule has 0 fully saturated rings. The Hall–Kier alpha value is -2.85. The SMILES string of the molecule is CCOc1ccc(NC(=O)CSc2nnc(CNC(=O)c3ccccc3Br)n2C)cc1. The van der Waals surface area contributed by atoms with E-state index in [4.69, 9.17) is 4.74 Å². The minimum Gasteiger partial charge on any atom is -0.494 e. The number of rotatable bonds is 9. The van der Waals surface area contributed by atoms with E-state index in [1.807, 2.05) is 31.2 Å². The number of hydrogen-bond acceptors (Lipinski definition) is 6. The summed E-state index contributed by atoms with van der Waals surface area (Å²) in [4.78, 5) is 24.6. The minimum atomic E-state index is -0.209. The number of carbonyl (C=O) groups is 2. The monoisotopic (exact) mass is 503 g/mol. The molecule has 3 aromatic rings. The van der Waals surface area contributed by atoms with E-state index in [0.717, 1.165) is 10.2 Å². The molecule has 31 heavy (non-hydrogen) atoms. The van der Waals surface area contributed by atoms with Crippen molar-refractivity contribution in [2.75, 3.05) is 17.7 Å². The van der Waals surface area contributed by atoms with E-state index in [1.54, 1.807) is 35.9 Å². The number of nitrogens with zero attached hydrogens (tertiary/aromatic N) is 3. The van der Waals surface area contributed by atoms with Crippen molar-refractivity contribution < 1.29 is 14.3 Å². The second-order valence-corrected chi connectivity index (χ2v) is 8.21. The molecule has 0 radical (unpaired) electrons. The van der Waals surface area contributed by atoms with Gasteiger partial charge in [-0.3, -0.25) is 9.59 Å². The number of nitrogens with one attached hydrogen (secondary N) is 2. The largest absolute Gasteiger partial charge is 0.494 e. The molecule has 0 aliphatic rings. The number of ether oxygens (including phenoxy) is 1. The maximum absolute atomic E-state index is 12.3. The Balaban J connectivity index is 1.50. The van der Waals surface area contributed by atoms with Gasteiger partial charge in [-0.15, -0.1) is 10.2 Å². The summed E-state index contributed by atoms with van der Waals surface area (Å²) in [6.07, 6.45) is 0. The average Bonchev–Trinajstić information content (AvgIpc) is 3.12. The standard InChI is InChI=1S/C21H22BrN5O3S/c1-3-30-15-10-8-14(9-11-15)24-19(28)13-31-21-26-25-18(27(21)2)12-23-20(29)16-6-4-5-7-17(16)22/h4-11H,3,12-13H2,1-2H3,(H,23,29)(H,24,28). The van der Waals surface area contributed by atoms with E-state index in [1.165, 1.54) is 11.8 Å². The van der Waals surface area contributed by atoms with Crippen molar-refractivity contribution in [1.29, 1.82) is 0 Å². The van der Waals surface area contributed by atoms with Crippen molar-refractivity contribution in [2.24, 2.45) is 7.05 Å². The van der Waals surface area contributed by atoms with Gasteiger partial charge >= 0.3 is 0 Å². The van der Waals surface area contributed by atoms with Gasteiger partial charge in [0.1, 0.15) is 5.75 Å². The predicted molar refractivity (Wildman–Crippen MR) is 123 cm³/mol. The lowest BCUT2D eigenvalue weighted by molar-refractivity contribution is -0.113. The van der Waals surface area contributed by atoms with Gasteiger partial charge in [0.05, 0.1) is 24.5 Å². The molecule has 0 aliphatic heterocycles. The Morgan fingerprint density at radius 2 is 1.87 bits per heavy atom. The summed E-state index contributed by atoms with van der Waals surface area (Å²) in [5.41, 5.74) is 1.24. The van der Waals surface area contributed by atoms with E-state index < -0.39 is 0 Å². The highest BCUT2D eigenvalue weighted by atomic mass is 79.9.